The number of nitrogens with one attached hydrogen (secondary N) is 2. The highest BCUT2D eigenvalue weighted by atomic mass is 16.5. The number of carbonyl (C=O) groups is 1. The molecule has 3 aromatic rings. The van der Waals surface area contributed by atoms with Crippen molar-refractivity contribution in [1.82, 2.24) is 10.3 Å². The van der Waals surface area contributed by atoms with Crippen LogP contribution in [0.4, 0.5) is 0 Å². The quantitative estimate of drug-likeness (QED) is 0.719. The van der Waals surface area contributed by atoms with Crippen molar-refractivity contribution in [2.24, 2.45) is 0 Å². The summed E-state index contributed by atoms with van der Waals surface area (Å²) in [5.41, 5.74) is 3.22. The first kappa shape index (κ1) is 17.6. The number of amides is 1. The van der Waals surface area contributed by atoms with E-state index in [1.54, 1.807) is 19.2 Å². The summed E-state index contributed by atoms with van der Waals surface area (Å²) in [6.45, 7) is 0.802. The molecule has 2 aromatic carbocycles. The zero-order valence-corrected chi connectivity index (χ0v) is 14.5. The van der Waals surface area contributed by atoms with Gasteiger partial charge in [-0.15, -0.1) is 0 Å². The summed E-state index contributed by atoms with van der Waals surface area (Å²) >= 11 is 0. The van der Waals surface area contributed by atoms with Crippen LogP contribution in [0.2, 0.25) is 0 Å². The Morgan fingerprint density at radius 1 is 0.962 bits per heavy atom. The van der Waals surface area contributed by atoms with E-state index in [2.05, 4.69) is 10.3 Å². The molecule has 0 fully saturated rings. The van der Waals surface area contributed by atoms with E-state index < -0.39 is 11.5 Å². The van der Waals surface area contributed by atoms with Gasteiger partial charge in [-0.2, -0.15) is 0 Å². The zero-order valence-electron chi connectivity index (χ0n) is 14.5. The average molecular weight is 348 g/mol. The molecule has 3 rings (SSSR count). The zero-order chi connectivity index (χ0) is 18.4. The fourth-order valence-electron chi connectivity index (χ4n) is 2.74. The van der Waals surface area contributed by atoms with Gasteiger partial charge >= 0.3 is 0 Å². The molecule has 0 aliphatic rings. The molecule has 26 heavy (non-hydrogen) atoms. The van der Waals surface area contributed by atoms with Crippen LogP contribution < -0.4 is 10.9 Å². The predicted molar refractivity (Wildman–Crippen MR) is 101 cm³/mol. The minimum absolute atomic E-state index is 0.0916. The van der Waals surface area contributed by atoms with Gasteiger partial charge in [0.05, 0.1) is 6.61 Å². The Kier molecular flexibility index (Phi) is 5.61. The Morgan fingerprint density at radius 2 is 1.65 bits per heavy atom. The molecule has 0 bridgehead atoms. The molecule has 2 N–H and O–H groups in total. The second kappa shape index (κ2) is 8.27. The molecule has 0 unspecified atom stereocenters. The van der Waals surface area contributed by atoms with Crippen molar-refractivity contribution in [1.29, 1.82) is 0 Å². The number of methoxy groups -OCH3 is 1. The number of pyridine rings is 1. The van der Waals surface area contributed by atoms with Crippen LogP contribution >= 0.6 is 0 Å². The number of aromatic nitrogens is 1. The minimum atomic E-state index is -0.408. The fraction of sp³-hybridized carbons (Fsp3) is 0.143. The molecule has 0 atom stereocenters. The second-order valence-corrected chi connectivity index (χ2v) is 5.87. The predicted octanol–water partition coefficient (Wildman–Crippen LogP) is 3.12. The number of benzene rings is 2. The van der Waals surface area contributed by atoms with Gasteiger partial charge in [0.15, 0.2) is 0 Å². The summed E-state index contributed by atoms with van der Waals surface area (Å²) in [5, 5.41) is 2.80. The maximum Gasteiger partial charge on any atom is 0.261 e. The summed E-state index contributed by atoms with van der Waals surface area (Å²) in [4.78, 5) is 27.5. The molecule has 1 heterocycles. The van der Waals surface area contributed by atoms with Gasteiger partial charge in [-0.25, -0.2) is 0 Å². The molecule has 0 aliphatic heterocycles. The van der Waals surface area contributed by atoms with E-state index in [4.69, 9.17) is 4.74 Å². The molecule has 5 nitrogen and oxygen atoms in total. The van der Waals surface area contributed by atoms with Crippen molar-refractivity contribution in [3.8, 4) is 11.3 Å². The van der Waals surface area contributed by atoms with Gasteiger partial charge in [-0.1, -0.05) is 54.6 Å². The normalized spacial score (nSPS) is 10.5. The van der Waals surface area contributed by atoms with Crippen LogP contribution in [0.15, 0.2) is 71.5 Å². The molecule has 0 saturated carbocycles. The van der Waals surface area contributed by atoms with Crippen molar-refractivity contribution < 1.29 is 9.53 Å². The maximum absolute atomic E-state index is 12.4. The number of carbonyl (C=O) groups excluding carboxylic acids is 1. The third-order valence-corrected chi connectivity index (χ3v) is 4.10. The smallest absolute Gasteiger partial charge is 0.261 e. The molecule has 0 radical (unpaired) electrons. The van der Waals surface area contributed by atoms with Crippen LogP contribution in [0.25, 0.3) is 11.3 Å². The van der Waals surface area contributed by atoms with Gasteiger partial charge in [0.1, 0.15) is 5.56 Å². The van der Waals surface area contributed by atoms with E-state index in [0.717, 1.165) is 16.7 Å². The number of hydrogen-bond acceptors (Lipinski definition) is 3. The highest BCUT2D eigenvalue weighted by molar-refractivity contribution is 5.94. The van der Waals surface area contributed by atoms with Gasteiger partial charge in [-0.3, -0.25) is 9.59 Å². The summed E-state index contributed by atoms with van der Waals surface area (Å²) in [6, 6.07) is 20.5. The molecule has 1 amide bonds. The molecule has 1 aromatic heterocycles. The van der Waals surface area contributed by atoms with Crippen LogP contribution in [0, 0.1) is 0 Å². The standard InChI is InChI=1S/C21H20N2O3/c1-26-14-17-10-6-5-9-16(17)13-22-20(24)18-11-12-19(23-21(18)25)15-7-3-2-4-8-15/h2-12H,13-14H2,1H3,(H,22,24)(H,23,25). The lowest BCUT2D eigenvalue weighted by Crippen LogP contribution is -2.29. The maximum atomic E-state index is 12.4. The summed E-state index contributed by atoms with van der Waals surface area (Å²) in [5.74, 6) is -0.405. The van der Waals surface area contributed by atoms with Gasteiger partial charge in [0.2, 0.25) is 0 Å². The number of aromatic amines is 1. The molecule has 5 heteroatoms. The SMILES string of the molecule is COCc1ccccc1CNC(=O)c1ccc(-c2ccccc2)[nH]c1=O. The van der Waals surface area contributed by atoms with Crippen LogP contribution in [0.1, 0.15) is 21.5 Å². The Bertz CT molecular complexity index is 949. The third-order valence-electron chi connectivity index (χ3n) is 4.10. The Hall–Kier alpha value is -3.18. The lowest BCUT2D eigenvalue weighted by molar-refractivity contribution is 0.0949. The third kappa shape index (κ3) is 4.07. The molecular formula is C21H20N2O3. The Labute approximate surface area is 151 Å². The topological polar surface area (TPSA) is 71.2 Å². The van der Waals surface area contributed by atoms with E-state index in [9.17, 15) is 9.59 Å². The Balaban J connectivity index is 1.74. The van der Waals surface area contributed by atoms with Crippen molar-refractivity contribution in [2.75, 3.05) is 7.11 Å². The Morgan fingerprint density at radius 3 is 2.35 bits per heavy atom. The van der Waals surface area contributed by atoms with Gasteiger partial charge in [0.25, 0.3) is 11.5 Å². The van der Waals surface area contributed by atoms with Crippen LogP contribution in [0.3, 0.4) is 0 Å². The van der Waals surface area contributed by atoms with E-state index in [-0.39, 0.29) is 5.56 Å². The first-order chi connectivity index (χ1) is 12.7. The lowest BCUT2D eigenvalue weighted by atomic mass is 10.1. The molecule has 0 aliphatic carbocycles. The van der Waals surface area contributed by atoms with E-state index in [0.29, 0.717) is 18.8 Å². The van der Waals surface area contributed by atoms with Gasteiger partial charge < -0.3 is 15.0 Å². The van der Waals surface area contributed by atoms with Gasteiger partial charge in [-0.05, 0) is 28.8 Å². The number of hydrogen-bond donors (Lipinski definition) is 2. The summed E-state index contributed by atoms with van der Waals surface area (Å²) in [6.07, 6.45) is 0. The number of rotatable bonds is 6. The van der Waals surface area contributed by atoms with Gasteiger partial charge in [0, 0.05) is 19.3 Å². The van der Waals surface area contributed by atoms with Crippen LogP contribution in [-0.4, -0.2) is 18.0 Å². The molecule has 0 spiro atoms. The van der Waals surface area contributed by atoms with E-state index >= 15 is 0 Å². The number of H-pyrrole nitrogens is 1. The first-order valence-electron chi connectivity index (χ1n) is 8.31. The fourth-order valence-corrected chi connectivity index (χ4v) is 2.74. The van der Waals surface area contributed by atoms with Crippen molar-refractivity contribution in [3.05, 3.63) is 93.8 Å². The first-order valence-corrected chi connectivity index (χ1v) is 8.31. The monoisotopic (exact) mass is 348 g/mol. The van der Waals surface area contributed by atoms with Crippen LogP contribution in [0.5, 0.6) is 0 Å². The molecule has 132 valence electrons. The number of ether oxygens (including phenoxy) is 1. The highest BCUT2D eigenvalue weighted by Crippen LogP contribution is 2.15. The molecular weight excluding hydrogens is 328 g/mol. The van der Waals surface area contributed by atoms with E-state index in [1.165, 1.54) is 0 Å². The lowest BCUT2D eigenvalue weighted by Gasteiger charge is -2.10. The highest BCUT2D eigenvalue weighted by Gasteiger charge is 2.12. The van der Waals surface area contributed by atoms with Crippen molar-refractivity contribution in [2.45, 2.75) is 13.2 Å². The molecule has 0 saturated heterocycles. The minimum Gasteiger partial charge on any atom is -0.380 e. The summed E-state index contributed by atoms with van der Waals surface area (Å²) in [7, 11) is 1.63. The second-order valence-electron chi connectivity index (χ2n) is 5.87. The van der Waals surface area contributed by atoms with Crippen LogP contribution in [-0.2, 0) is 17.9 Å². The van der Waals surface area contributed by atoms with E-state index in [1.807, 2.05) is 54.6 Å². The largest absolute Gasteiger partial charge is 0.380 e. The van der Waals surface area contributed by atoms with Crippen molar-refractivity contribution in [3.63, 3.8) is 0 Å². The van der Waals surface area contributed by atoms with Crippen molar-refractivity contribution >= 4 is 5.91 Å². The summed E-state index contributed by atoms with van der Waals surface area (Å²) < 4.78 is 5.17. The average Bonchev–Trinajstić information content (AvgIpc) is 2.68.